The van der Waals surface area contributed by atoms with Gasteiger partial charge in [-0.25, -0.2) is 0 Å². The number of rotatable bonds is 6. The lowest BCUT2D eigenvalue weighted by Crippen LogP contribution is -2.68. The van der Waals surface area contributed by atoms with E-state index in [2.05, 4.69) is 0 Å². The molecule has 0 spiro atoms. The molecule has 0 aromatic carbocycles. The topological polar surface area (TPSA) is 262 Å². The molecule has 14 heteroatoms. The Labute approximate surface area is 185 Å². The Balaban J connectivity index is 1.79. The van der Waals surface area contributed by atoms with E-state index in [4.69, 9.17) is 41.9 Å². The fraction of sp³-hybridized carbons (Fsp3) is 1.00. The minimum atomic E-state index is -1.47. The van der Waals surface area contributed by atoms with Crippen molar-refractivity contribution in [3.05, 3.63) is 0 Å². The number of hydrogen-bond acceptors (Lipinski definition) is 14. The van der Waals surface area contributed by atoms with Crippen molar-refractivity contribution < 1.29 is 49.6 Å². The first-order valence-electron chi connectivity index (χ1n) is 10.6. The first-order chi connectivity index (χ1) is 15.0. The third-order valence-corrected chi connectivity index (χ3v) is 6.36. The Hall–Kier alpha value is -0.560. The van der Waals surface area contributed by atoms with E-state index in [0.29, 0.717) is 0 Å². The Morgan fingerprint density at radius 2 is 1.44 bits per heavy atom. The molecule has 0 amide bonds. The van der Waals surface area contributed by atoms with Gasteiger partial charge >= 0.3 is 0 Å². The lowest BCUT2D eigenvalue weighted by Gasteiger charge is -2.47. The normalized spacial score (nSPS) is 53.3. The highest BCUT2D eigenvalue weighted by molar-refractivity contribution is 5.01. The fourth-order valence-corrected chi connectivity index (χ4v) is 4.37. The minimum Gasteiger partial charge on any atom is -0.391 e. The second kappa shape index (κ2) is 10.4. The number of hydrogen-bond donors (Lipinski definition) is 10. The van der Waals surface area contributed by atoms with E-state index in [-0.39, 0.29) is 13.0 Å². The molecule has 15 atom stereocenters. The number of aliphatic hydroxyl groups is 6. The molecule has 14 N–H and O–H groups in total. The molecule has 0 bridgehead atoms. The van der Waals surface area contributed by atoms with Gasteiger partial charge in [-0.1, -0.05) is 0 Å². The highest BCUT2D eigenvalue weighted by atomic mass is 16.7. The second-order valence-corrected chi connectivity index (χ2v) is 8.78. The van der Waals surface area contributed by atoms with Crippen LogP contribution in [-0.4, -0.2) is 129 Å². The van der Waals surface area contributed by atoms with Gasteiger partial charge in [0.1, 0.15) is 48.8 Å². The SMILES string of the molecule is C[C@@H](O)[C@H]1O[C@H](O[C@H]2[C@H](O[C@@H]3O[C@H](CN)[C@@H](O)[C@H]3O)[C@@H](O)[C@H](N)C[C@@H]2N)[C@H](N)[C@@H](O)[C@@H]1O. The molecule has 1 saturated carbocycles. The van der Waals surface area contributed by atoms with Gasteiger partial charge < -0.3 is 72.5 Å². The van der Waals surface area contributed by atoms with Crippen molar-refractivity contribution in [3.8, 4) is 0 Å². The van der Waals surface area contributed by atoms with Crippen LogP contribution < -0.4 is 22.9 Å². The summed E-state index contributed by atoms with van der Waals surface area (Å²) in [5, 5.41) is 61.2. The lowest BCUT2D eigenvalue weighted by molar-refractivity contribution is -0.315. The number of ether oxygens (including phenoxy) is 4. The highest BCUT2D eigenvalue weighted by Crippen LogP contribution is 2.32. The third kappa shape index (κ3) is 4.94. The summed E-state index contributed by atoms with van der Waals surface area (Å²) < 4.78 is 22.7. The van der Waals surface area contributed by atoms with Crippen LogP contribution in [0.1, 0.15) is 13.3 Å². The zero-order chi connectivity index (χ0) is 23.9. The molecule has 3 fully saturated rings. The molecule has 3 rings (SSSR count). The minimum absolute atomic E-state index is 0.0734. The van der Waals surface area contributed by atoms with Gasteiger partial charge in [0.05, 0.1) is 18.2 Å². The van der Waals surface area contributed by atoms with Crippen LogP contribution in [0.4, 0.5) is 0 Å². The van der Waals surface area contributed by atoms with Crippen molar-refractivity contribution >= 4 is 0 Å². The van der Waals surface area contributed by atoms with Crippen LogP contribution in [0, 0.1) is 0 Å². The van der Waals surface area contributed by atoms with Crippen LogP contribution in [0.15, 0.2) is 0 Å². The summed E-state index contributed by atoms with van der Waals surface area (Å²) in [6.45, 7) is 1.30. The summed E-state index contributed by atoms with van der Waals surface area (Å²) in [4.78, 5) is 0. The maximum atomic E-state index is 10.7. The molecule has 0 aromatic rings. The van der Waals surface area contributed by atoms with E-state index in [1.54, 1.807) is 0 Å². The van der Waals surface area contributed by atoms with E-state index < -0.39 is 91.7 Å². The molecule has 2 saturated heterocycles. The van der Waals surface area contributed by atoms with Gasteiger partial charge in [-0.3, -0.25) is 0 Å². The largest absolute Gasteiger partial charge is 0.391 e. The van der Waals surface area contributed by atoms with Crippen molar-refractivity contribution in [2.24, 2.45) is 22.9 Å². The quantitative estimate of drug-likeness (QED) is 0.174. The molecule has 188 valence electrons. The summed E-state index contributed by atoms with van der Waals surface area (Å²) >= 11 is 0. The standard InChI is InChI=1S/C18H36N4O10/c1-4(23)14-12(27)11(26)8(22)17(30-14)31-15-6(21)2-5(20)9(24)16(15)32-18-13(28)10(25)7(3-19)29-18/h4-18,23-28H,2-3,19-22H2,1H3/t4-,5-,6+,7-,8-,9+,10-,11-,12+,13-,14-,15-,16-,17-,18+/m1/s1. The summed E-state index contributed by atoms with van der Waals surface area (Å²) in [6, 6.07) is -2.78. The molecule has 0 radical (unpaired) electrons. The van der Waals surface area contributed by atoms with Crippen molar-refractivity contribution in [1.29, 1.82) is 0 Å². The van der Waals surface area contributed by atoms with Gasteiger partial charge in [-0.15, -0.1) is 0 Å². The maximum absolute atomic E-state index is 10.7. The van der Waals surface area contributed by atoms with Gasteiger partial charge in [0.25, 0.3) is 0 Å². The number of aliphatic hydroxyl groups excluding tert-OH is 6. The summed E-state index contributed by atoms with van der Waals surface area (Å²) in [6.07, 6.45) is -15.1. The zero-order valence-corrected chi connectivity index (χ0v) is 17.7. The zero-order valence-electron chi connectivity index (χ0n) is 17.7. The first kappa shape index (κ1) is 26.1. The van der Waals surface area contributed by atoms with Crippen molar-refractivity contribution in [2.75, 3.05) is 6.54 Å². The smallest absolute Gasteiger partial charge is 0.187 e. The molecule has 2 heterocycles. The molecule has 14 nitrogen and oxygen atoms in total. The van der Waals surface area contributed by atoms with Crippen molar-refractivity contribution in [3.63, 3.8) is 0 Å². The molecule has 0 aromatic heterocycles. The predicted molar refractivity (Wildman–Crippen MR) is 106 cm³/mol. The lowest BCUT2D eigenvalue weighted by atomic mass is 9.84. The maximum Gasteiger partial charge on any atom is 0.187 e. The van der Waals surface area contributed by atoms with Crippen LogP contribution in [0.25, 0.3) is 0 Å². The Kier molecular flexibility index (Phi) is 8.44. The van der Waals surface area contributed by atoms with E-state index in [9.17, 15) is 30.6 Å². The molecule has 2 aliphatic heterocycles. The predicted octanol–water partition coefficient (Wildman–Crippen LogP) is -6.26. The van der Waals surface area contributed by atoms with Gasteiger partial charge in [-0.2, -0.15) is 0 Å². The molecule has 3 aliphatic rings. The van der Waals surface area contributed by atoms with E-state index in [1.807, 2.05) is 0 Å². The highest BCUT2D eigenvalue weighted by Gasteiger charge is 2.52. The van der Waals surface area contributed by atoms with E-state index in [1.165, 1.54) is 6.92 Å². The van der Waals surface area contributed by atoms with Gasteiger partial charge in [0.15, 0.2) is 12.6 Å². The van der Waals surface area contributed by atoms with Crippen LogP contribution in [0.3, 0.4) is 0 Å². The van der Waals surface area contributed by atoms with E-state index >= 15 is 0 Å². The third-order valence-electron chi connectivity index (χ3n) is 6.36. The van der Waals surface area contributed by atoms with Gasteiger partial charge in [0, 0.05) is 18.6 Å². The summed E-state index contributed by atoms with van der Waals surface area (Å²) in [5.74, 6) is 0. The molecular formula is C18H36N4O10. The van der Waals surface area contributed by atoms with Gasteiger partial charge in [-0.05, 0) is 13.3 Å². The average Bonchev–Trinajstić information content (AvgIpc) is 3.01. The molecule has 1 aliphatic carbocycles. The monoisotopic (exact) mass is 468 g/mol. The fourth-order valence-electron chi connectivity index (χ4n) is 4.37. The Bertz CT molecular complexity index is 620. The summed E-state index contributed by atoms with van der Waals surface area (Å²) in [7, 11) is 0. The van der Waals surface area contributed by atoms with Crippen LogP contribution in [-0.2, 0) is 18.9 Å². The number of nitrogens with two attached hydrogens (primary N) is 4. The second-order valence-electron chi connectivity index (χ2n) is 8.78. The van der Waals surface area contributed by atoms with Crippen LogP contribution in [0.5, 0.6) is 0 Å². The average molecular weight is 469 g/mol. The van der Waals surface area contributed by atoms with Crippen LogP contribution in [0.2, 0.25) is 0 Å². The van der Waals surface area contributed by atoms with Crippen molar-refractivity contribution in [2.45, 2.75) is 105 Å². The van der Waals surface area contributed by atoms with E-state index in [0.717, 1.165) is 0 Å². The van der Waals surface area contributed by atoms with Gasteiger partial charge in [0.2, 0.25) is 0 Å². The molecule has 0 unspecified atom stereocenters. The van der Waals surface area contributed by atoms with Crippen molar-refractivity contribution in [1.82, 2.24) is 0 Å². The Morgan fingerprint density at radius 1 is 0.812 bits per heavy atom. The summed E-state index contributed by atoms with van der Waals surface area (Å²) in [5.41, 5.74) is 23.7. The first-order valence-corrected chi connectivity index (χ1v) is 10.6. The van der Waals surface area contributed by atoms with Crippen LogP contribution >= 0.6 is 0 Å². The molecule has 32 heavy (non-hydrogen) atoms. The molecular weight excluding hydrogens is 432 g/mol. The Morgan fingerprint density at radius 3 is 2.00 bits per heavy atom.